The second-order valence-electron chi connectivity index (χ2n) is 4.94. The number of hydrogen-bond acceptors (Lipinski definition) is 2. The maximum absolute atomic E-state index is 2.44. The van der Waals surface area contributed by atoms with Gasteiger partial charge in [-0.3, -0.25) is 0 Å². The van der Waals surface area contributed by atoms with Gasteiger partial charge in [0.1, 0.15) is 6.17 Å². The summed E-state index contributed by atoms with van der Waals surface area (Å²) >= 11 is 0. The highest BCUT2D eigenvalue weighted by atomic mass is 15.4. The van der Waals surface area contributed by atoms with E-state index >= 15 is 0 Å². The number of nitrogens with zero attached hydrogens (tertiary/aromatic N) is 2. The lowest BCUT2D eigenvalue weighted by molar-refractivity contribution is 0.242. The van der Waals surface area contributed by atoms with Gasteiger partial charge in [0.2, 0.25) is 0 Å². The van der Waals surface area contributed by atoms with Crippen molar-refractivity contribution in [3.63, 3.8) is 0 Å². The summed E-state index contributed by atoms with van der Waals surface area (Å²) in [6.45, 7) is 7.94. The van der Waals surface area contributed by atoms with Crippen LogP contribution in [0.25, 0.3) is 0 Å². The predicted molar refractivity (Wildman–Crippen MR) is 73.7 cm³/mol. The van der Waals surface area contributed by atoms with Gasteiger partial charge < -0.3 is 9.80 Å². The first-order valence-electron chi connectivity index (χ1n) is 6.51. The Kier molecular flexibility index (Phi) is 3.72. The predicted octanol–water partition coefficient (Wildman–Crippen LogP) is 3.67. The third-order valence-electron chi connectivity index (χ3n) is 3.18. The van der Waals surface area contributed by atoms with Crippen LogP contribution < -0.4 is 4.90 Å². The van der Waals surface area contributed by atoms with Crippen LogP contribution in [0.1, 0.15) is 27.2 Å². The molecule has 1 atom stereocenters. The molecular weight excluding hydrogens is 208 g/mol. The fourth-order valence-corrected chi connectivity index (χ4v) is 2.50. The molecule has 1 aliphatic rings. The van der Waals surface area contributed by atoms with E-state index in [1.165, 1.54) is 12.1 Å². The minimum Gasteiger partial charge on any atom is -0.355 e. The molecule has 1 aromatic rings. The lowest BCUT2D eigenvalue weighted by Gasteiger charge is -2.35. The van der Waals surface area contributed by atoms with Crippen molar-refractivity contribution < 1.29 is 0 Å². The Labute approximate surface area is 105 Å². The van der Waals surface area contributed by atoms with E-state index in [4.69, 9.17) is 0 Å². The number of hydrogen-bond donors (Lipinski definition) is 0. The molecule has 0 radical (unpaired) electrons. The first-order valence-corrected chi connectivity index (χ1v) is 6.51. The number of benzene rings is 1. The molecule has 92 valence electrons. The molecule has 2 nitrogen and oxygen atoms in total. The Morgan fingerprint density at radius 1 is 1.12 bits per heavy atom. The summed E-state index contributed by atoms with van der Waals surface area (Å²) < 4.78 is 0. The van der Waals surface area contributed by atoms with E-state index in [1.807, 2.05) is 0 Å². The smallest absolute Gasteiger partial charge is 0.108 e. The summed E-state index contributed by atoms with van der Waals surface area (Å²) in [6, 6.07) is 10.6. The van der Waals surface area contributed by atoms with Gasteiger partial charge in [-0.15, -0.1) is 0 Å². The van der Waals surface area contributed by atoms with Crippen LogP contribution in [-0.2, 0) is 0 Å². The van der Waals surface area contributed by atoms with Crippen molar-refractivity contribution in [3.05, 3.63) is 42.7 Å². The van der Waals surface area contributed by atoms with Crippen molar-refractivity contribution in [2.45, 2.75) is 33.4 Å². The molecule has 0 saturated heterocycles. The van der Waals surface area contributed by atoms with E-state index in [-0.39, 0.29) is 0 Å². The lowest BCUT2D eigenvalue weighted by atomic mass is 10.1. The second-order valence-corrected chi connectivity index (χ2v) is 4.94. The average Bonchev–Trinajstić information content (AvgIpc) is 2.74. The Bertz CT molecular complexity index is 370. The van der Waals surface area contributed by atoms with Gasteiger partial charge in [0, 0.05) is 24.6 Å². The summed E-state index contributed by atoms with van der Waals surface area (Å²) in [6.07, 6.45) is 6.07. The zero-order valence-corrected chi connectivity index (χ0v) is 11.0. The molecule has 0 aromatic heterocycles. The summed E-state index contributed by atoms with van der Waals surface area (Å²) in [7, 11) is 0. The summed E-state index contributed by atoms with van der Waals surface area (Å²) in [4.78, 5) is 4.82. The van der Waals surface area contributed by atoms with Crippen molar-refractivity contribution in [2.24, 2.45) is 5.92 Å². The summed E-state index contributed by atoms with van der Waals surface area (Å²) in [5.41, 5.74) is 1.28. The van der Waals surface area contributed by atoms with E-state index in [9.17, 15) is 0 Å². The van der Waals surface area contributed by atoms with Crippen LogP contribution in [0.3, 0.4) is 0 Å². The highest BCUT2D eigenvalue weighted by Gasteiger charge is 2.29. The Morgan fingerprint density at radius 3 is 2.41 bits per heavy atom. The SMILES string of the molecule is CCCN1C=CN(c2ccccc2)C1C(C)C. The minimum absolute atomic E-state index is 0.456. The molecule has 1 aliphatic heterocycles. The topological polar surface area (TPSA) is 6.48 Å². The van der Waals surface area contributed by atoms with Gasteiger partial charge in [0.15, 0.2) is 0 Å². The highest BCUT2D eigenvalue weighted by molar-refractivity contribution is 5.51. The molecule has 1 heterocycles. The molecule has 0 fully saturated rings. The molecular formula is C15H22N2. The van der Waals surface area contributed by atoms with Crippen LogP contribution >= 0.6 is 0 Å². The molecule has 0 N–H and O–H groups in total. The van der Waals surface area contributed by atoms with Gasteiger partial charge >= 0.3 is 0 Å². The fraction of sp³-hybridized carbons (Fsp3) is 0.467. The first-order chi connectivity index (χ1) is 8.24. The van der Waals surface area contributed by atoms with Crippen LogP contribution in [0.2, 0.25) is 0 Å². The molecule has 0 aliphatic carbocycles. The number of para-hydroxylation sites is 1. The molecule has 17 heavy (non-hydrogen) atoms. The molecule has 0 saturated carbocycles. The lowest BCUT2D eigenvalue weighted by Crippen LogP contribution is -2.42. The highest BCUT2D eigenvalue weighted by Crippen LogP contribution is 2.28. The van der Waals surface area contributed by atoms with E-state index in [2.05, 4.69) is 73.3 Å². The van der Waals surface area contributed by atoms with Gasteiger partial charge in [-0.25, -0.2) is 0 Å². The Balaban J connectivity index is 2.21. The summed E-state index contributed by atoms with van der Waals surface area (Å²) in [5, 5.41) is 0. The largest absolute Gasteiger partial charge is 0.355 e. The van der Waals surface area contributed by atoms with Crippen LogP contribution in [0.5, 0.6) is 0 Å². The van der Waals surface area contributed by atoms with Crippen LogP contribution in [-0.4, -0.2) is 17.6 Å². The van der Waals surface area contributed by atoms with Crippen LogP contribution in [0.15, 0.2) is 42.7 Å². The third kappa shape index (κ3) is 2.46. The van der Waals surface area contributed by atoms with Crippen LogP contribution in [0.4, 0.5) is 5.69 Å². The van der Waals surface area contributed by atoms with Crippen molar-refractivity contribution in [3.8, 4) is 0 Å². The van der Waals surface area contributed by atoms with E-state index < -0.39 is 0 Å². The molecule has 0 bridgehead atoms. The van der Waals surface area contributed by atoms with Gasteiger partial charge in [0.05, 0.1) is 0 Å². The molecule has 0 spiro atoms. The van der Waals surface area contributed by atoms with Crippen molar-refractivity contribution >= 4 is 5.69 Å². The van der Waals surface area contributed by atoms with E-state index in [0.29, 0.717) is 12.1 Å². The first kappa shape index (κ1) is 12.0. The van der Waals surface area contributed by atoms with Gasteiger partial charge in [0.25, 0.3) is 0 Å². The molecule has 2 heteroatoms. The van der Waals surface area contributed by atoms with Gasteiger partial charge in [-0.05, 0) is 24.5 Å². The monoisotopic (exact) mass is 230 g/mol. The maximum atomic E-state index is 2.44. The molecule has 0 amide bonds. The van der Waals surface area contributed by atoms with E-state index in [0.717, 1.165) is 6.54 Å². The fourth-order valence-electron chi connectivity index (χ4n) is 2.50. The van der Waals surface area contributed by atoms with Crippen molar-refractivity contribution in [2.75, 3.05) is 11.4 Å². The standard InChI is InChI=1S/C15H22N2/c1-4-10-16-11-12-17(15(16)13(2)3)14-8-6-5-7-9-14/h5-9,11-13,15H,4,10H2,1-3H3. The molecule has 2 rings (SSSR count). The average molecular weight is 230 g/mol. The zero-order valence-electron chi connectivity index (χ0n) is 11.0. The van der Waals surface area contributed by atoms with Gasteiger partial charge in [-0.1, -0.05) is 39.0 Å². The van der Waals surface area contributed by atoms with Crippen LogP contribution in [0, 0.1) is 5.92 Å². The Morgan fingerprint density at radius 2 is 1.82 bits per heavy atom. The third-order valence-corrected chi connectivity index (χ3v) is 3.18. The normalized spacial score (nSPS) is 19.4. The molecule has 1 aromatic carbocycles. The van der Waals surface area contributed by atoms with Gasteiger partial charge in [-0.2, -0.15) is 0 Å². The van der Waals surface area contributed by atoms with E-state index in [1.54, 1.807) is 0 Å². The minimum atomic E-state index is 0.456. The van der Waals surface area contributed by atoms with Crippen molar-refractivity contribution in [1.29, 1.82) is 0 Å². The zero-order chi connectivity index (χ0) is 12.3. The quantitative estimate of drug-likeness (QED) is 0.778. The second kappa shape index (κ2) is 5.26. The van der Waals surface area contributed by atoms with Crippen molar-refractivity contribution in [1.82, 2.24) is 4.90 Å². The summed E-state index contributed by atoms with van der Waals surface area (Å²) in [5.74, 6) is 0.608. The Hall–Kier alpha value is -1.44. The number of anilines is 1. The molecule has 1 unspecified atom stereocenters. The maximum Gasteiger partial charge on any atom is 0.108 e. The number of rotatable bonds is 4.